The van der Waals surface area contributed by atoms with Crippen molar-refractivity contribution in [2.75, 3.05) is 40.2 Å². The number of sulfone groups is 1. The molecule has 1 fully saturated rings. The lowest BCUT2D eigenvalue weighted by Crippen LogP contribution is -2.34. The van der Waals surface area contributed by atoms with Crippen LogP contribution in [0.25, 0.3) is 0 Å². The SMILES string of the molecule is COc1ccc(OC)c(S(C)(=O)=O)c1C1CNCCO1. The molecule has 0 bridgehead atoms. The molecule has 1 unspecified atom stereocenters. The van der Waals surface area contributed by atoms with Gasteiger partial charge >= 0.3 is 0 Å². The first-order chi connectivity index (χ1) is 9.49. The van der Waals surface area contributed by atoms with E-state index >= 15 is 0 Å². The summed E-state index contributed by atoms with van der Waals surface area (Å²) in [5, 5.41) is 3.18. The number of nitrogens with one attached hydrogen (secondary N) is 1. The Morgan fingerprint density at radius 2 is 1.90 bits per heavy atom. The average Bonchev–Trinajstić information content (AvgIpc) is 2.45. The standard InChI is InChI=1S/C13H19NO5S/c1-17-9-4-5-10(18-2)13(20(3,15)16)12(9)11-8-14-6-7-19-11/h4-5,11,14H,6-8H2,1-3H3. The summed E-state index contributed by atoms with van der Waals surface area (Å²) in [6, 6.07) is 3.29. The highest BCUT2D eigenvalue weighted by Gasteiger charge is 2.30. The highest BCUT2D eigenvalue weighted by atomic mass is 32.2. The molecular formula is C13H19NO5S. The Labute approximate surface area is 118 Å². The normalized spacial score (nSPS) is 19.6. The van der Waals surface area contributed by atoms with Crippen molar-refractivity contribution in [2.45, 2.75) is 11.0 Å². The molecule has 0 amide bonds. The van der Waals surface area contributed by atoms with Crippen LogP contribution in [-0.2, 0) is 14.6 Å². The van der Waals surface area contributed by atoms with Gasteiger partial charge < -0.3 is 19.5 Å². The lowest BCUT2D eigenvalue weighted by atomic mass is 10.1. The Bertz CT molecular complexity index is 579. The van der Waals surface area contributed by atoms with E-state index in [-0.39, 0.29) is 11.0 Å². The summed E-state index contributed by atoms with van der Waals surface area (Å²) < 4.78 is 40.4. The second kappa shape index (κ2) is 5.99. The van der Waals surface area contributed by atoms with Crippen LogP contribution in [0.3, 0.4) is 0 Å². The predicted molar refractivity (Wildman–Crippen MR) is 74.2 cm³/mol. The van der Waals surface area contributed by atoms with E-state index in [9.17, 15) is 8.42 Å². The molecule has 1 saturated heterocycles. The number of hydrogen-bond acceptors (Lipinski definition) is 6. The van der Waals surface area contributed by atoms with E-state index in [2.05, 4.69) is 5.32 Å². The number of ether oxygens (including phenoxy) is 3. The topological polar surface area (TPSA) is 73.9 Å². The Hall–Kier alpha value is -1.31. The molecule has 1 atom stereocenters. The molecule has 0 radical (unpaired) electrons. The van der Waals surface area contributed by atoms with Crippen LogP contribution in [0.1, 0.15) is 11.7 Å². The fourth-order valence-corrected chi connectivity index (χ4v) is 3.49. The van der Waals surface area contributed by atoms with Crippen molar-refractivity contribution >= 4 is 9.84 Å². The Morgan fingerprint density at radius 1 is 1.25 bits per heavy atom. The van der Waals surface area contributed by atoms with Crippen molar-refractivity contribution < 1.29 is 22.6 Å². The summed E-state index contributed by atoms with van der Waals surface area (Å²) in [6.45, 7) is 1.80. The van der Waals surface area contributed by atoms with Crippen LogP contribution in [0.15, 0.2) is 17.0 Å². The van der Waals surface area contributed by atoms with Gasteiger partial charge in [0.1, 0.15) is 16.4 Å². The van der Waals surface area contributed by atoms with Crippen LogP contribution in [-0.4, -0.2) is 48.6 Å². The number of methoxy groups -OCH3 is 2. The molecule has 1 heterocycles. The fourth-order valence-electron chi connectivity index (χ4n) is 2.34. The van der Waals surface area contributed by atoms with Gasteiger partial charge in [0.05, 0.1) is 26.9 Å². The van der Waals surface area contributed by atoms with Gasteiger partial charge in [0, 0.05) is 24.9 Å². The molecule has 1 aromatic rings. The van der Waals surface area contributed by atoms with Gasteiger partial charge in [-0.15, -0.1) is 0 Å². The number of benzene rings is 1. The molecule has 0 saturated carbocycles. The van der Waals surface area contributed by atoms with Gasteiger partial charge in [-0.2, -0.15) is 0 Å². The van der Waals surface area contributed by atoms with Crippen molar-refractivity contribution in [1.82, 2.24) is 5.32 Å². The molecular weight excluding hydrogens is 282 g/mol. The van der Waals surface area contributed by atoms with Gasteiger partial charge in [-0.25, -0.2) is 8.42 Å². The van der Waals surface area contributed by atoms with Crippen molar-refractivity contribution in [2.24, 2.45) is 0 Å². The maximum absolute atomic E-state index is 12.1. The van der Waals surface area contributed by atoms with Crippen molar-refractivity contribution in [3.8, 4) is 11.5 Å². The molecule has 112 valence electrons. The zero-order chi connectivity index (χ0) is 14.8. The molecule has 0 aliphatic carbocycles. The molecule has 1 aromatic carbocycles. The minimum absolute atomic E-state index is 0.132. The van der Waals surface area contributed by atoms with Crippen LogP contribution >= 0.6 is 0 Å². The zero-order valence-corrected chi connectivity index (χ0v) is 12.6. The van der Waals surface area contributed by atoms with E-state index in [4.69, 9.17) is 14.2 Å². The number of morpholine rings is 1. The molecule has 2 rings (SSSR count). The highest BCUT2D eigenvalue weighted by molar-refractivity contribution is 7.90. The molecule has 1 aliphatic rings. The first-order valence-corrected chi connectivity index (χ1v) is 8.15. The molecule has 1 N–H and O–H groups in total. The van der Waals surface area contributed by atoms with E-state index < -0.39 is 9.84 Å². The van der Waals surface area contributed by atoms with Gasteiger partial charge in [-0.1, -0.05) is 0 Å². The van der Waals surface area contributed by atoms with Crippen LogP contribution in [0, 0.1) is 0 Å². The van der Waals surface area contributed by atoms with Crippen LogP contribution in [0.2, 0.25) is 0 Å². The highest BCUT2D eigenvalue weighted by Crippen LogP contribution is 2.39. The Balaban J connectivity index is 2.66. The third-order valence-electron chi connectivity index (χ3n) is 3.18. The monoisotopic (exact) mass is 301 g/mol. The van der Waals surface area contributed by atoms with E-state index in [1.54, 1.807) is 12.1 Å². The third kappa shape index (κ3) is 2.89. The summed E-state index contributed by atoms with van der Waals surface area (Å²) in [5.74, 6) is 0.789. The van der Waals surface area contributed by atoms with Gasteiger partial charge in [-0.05, 0) is 12.1 Å². The summed E-state index contributed by atoms with van der Waals surface area (Å²) in [5.41, 5.74) is 0.515. The van der Waals surface area contributed by atoms with Gasteiger partial charge in [0.2, 0.25) is 0 Å². The van der Waals surface area contributed by atoms with E-state index in [1.165, 1.54) is 14.2 Å². The van der Waals surface area contributed by atoms with Gasteiger partial charge in [-0.3, -0.25) is 0 Å². The van der Waals surface area contributed by atoms with Gasteiger partial charge in [0.15, 0.2) is 9.84 Å². The molecule has 7 heteroatoms. The van der Waals surface area contributed by atoms with Crippen LogP contribution in [0.5, 0.6) is 11.5 Å². The molecule has 1 aliphatic heterocycles. The van der Waals surface area contributed by atoms with Crippen molar-refractivity contribution in [3.05, 3.63) is 17.7 Å². The maximum atomic E-state index is 12.1. The molecule has 6 nitrogen and oxygen atoms in total. The summed E-state index contributed by atoms with van der Waals surface area (Å²) in [6.07, 6.45) is 0.780. The second-order valence-corrected chi connectivity index (χ2v) is 6.50. The van der Waals surface area contributed by atoms with Crippen molar-refractivity contribution in [3.63, 3.8) is 0 Å². The minimum atomic E-state index is -3.47. The lowest BCUT2D eigenvalue weighted by molar-refractivity contribution is 0.0242. The smallest absolute Gasteiger partial charge is 0.179 e. The summed E-state index contributed by atoms with van der Waals surface area (Å²) in [4.78, 5) is 0.132. The molecule has 0 aromatic heterocycles. The maximum Gasteiger partial charge on any atom is 0.179 e. The van der Waals surface area contributed by atoms with Gasteiger partial charge in [0.25, 0.3) is 0 Å². The van der Waals surface area contributed by atoms with E-state index in [0.29, 0.717) is 30.2 Å². The third-order valence-corrected chi connectivity index (χ3v) is 4.34. The van der Waals surface area contributed by atoms with Crippen LogP contribution in [0.4, 0.5) is 0 Å². The van der Waals surface area contributed by atoms with E-state index in [1.807, 2.05) is 0 Å². The Morgan fingerprint density at radius 3 is 2.40 bits per heavy atom. The van der Waals surface area contributed by atoms with Crippen LogP contribution < -0.4 is 14.8 Å². The minimum Gasteiger partial charge on any atom is -0.496 e. The predicted octanol–water partition coefficient (Wildman–Crippen LogP) is 0.768. The summed E-state index contributed by atoms with van der Waals surface area (Å²) >= 11 is 0. The molecule has 0 spiro atoms. The van der Waals surface area contributed by atoms with E-state index in [0.717, 1.165) is 12.8 Å². The zero-order valence-electron chi connectivity index (χ0n) is 11.8. The fraction of sp³-hybridized carbons (Fsp3) is 0.538. The average molecular weight is 301 g/mol. The first-order valence-electron chi connectivity index (χ1n) is 6.26. The molecule has 20 heavy (non-hydrogen) atoms. The van der Waals surface area contributed by atoms with Crippen molar-refractivity contribution in [1.29, 1.82) is 0 Å². The quantitative estimate of drug-likeness (QED) is 0.885. The lowest BCUT2D eigenvalue weighted by Gasteiger charge is -2.27. The number of hydrogen-bond donors (Lipinski definition) is 1. The first kappa shape index (κ1) is 15.1. The second-order valence-electron chi connectivity index (χ2n) is 4.55. The largest absolute Gasteiger partial charge is 0.496 e. The Kier molecular flexibility index (Phi) is 4.52. The number of rotatable bonds is 4. The summed E-state index contributed by atoms with van der Waals surface area (Å²) in [7, 11) is -0.519.